The maximum absolute atomic E-state index is 12.8. The predicted molar refractivity (Wildman–Crippen MR) is 126 cm³/mol. The van der Waals surface area contributed by atoms with E-state index in [9.17, 15) is 9.90 Å². The minimum Gasteiger partial charge on any atom is -0.495 e. The van der Waals surface area contributed by atoms with E-state index in [4.69, 9.17) is 25.8 Å². The topological polar surface area (TPSA) is 80.3 Å². The number of halogens is 1. The Morgan fingerprint density at radius 2 is 1.91 bits per heavy atom. The van der Waals surface area contributed by atoms with Crippen molar-refractivity contribution in [2.45, 2.75) is 37.8 Å². The minimum absolute atomic E-state index is 0.109. The first kappa shape index (κ1) is 23.7. The number of hydrogen-bond acceptors (Lipinski definition) is 6. The summed E-state index contributed by atoms with van der Waals surface area (Å²) in [5.74, 6) is 1.80. The van der Waals surface area contributed by atoms with Gasteiger partial charge in [0.1, 0.15) is 25.1 Å². The Kier molecular flexibility index (Phi) is 7.96. The Morgan fingerprint density at radius 1 is 1.15 bits per heavy atom. The fraction of sp³-hybridized carbons (Fsp3) is 0.480. The van der Waals surface area contributed by atoms with E-state index in [1.54, 1.807) is 13.2 Å². The van der Waals surface area contributed by atoms with Gasteiger partial charge in [0, 0.05) is 13.0 Å². The molecular weight excluding hydrogens is 444 g/mol. The number of benzene rings is 2. The van der Waals surface area contributed by atoms with Crippen LogP contribution < -0.4 is 19.5 Å². The van der Waals surface area contributed by atoms with Gasteiger partial charge in [-0.05, 0) is 67.7 Å². The second-order valence-electron chi connectivity index (χ2n) is 8.50. The zero-order chi connectivity index (χ0) is 23.2. The van der Waals surface area contributed by atoms with Crippen molar-refractivity contribution in [2.24, 2.45) is 0 Å². The fourth-order valence-electron chi connectivity index (χ4n) is 4.35. The van der Waals surface area contributed by atoms with Gasteiger partial charge in [0.2, 0.25) is 5.91 Å². The summed E-state index contributed by atoms with van der Waals surface area (Å²) in [5.41, 5.74) is 1.66. The first-order valence-electron chi connectivity index (χ1n) is 11.5. The quantitative estimate of drug-likeness (QED) is 0.580. The molecule has 2 atom stereocenters. The first-order valence-corrected chi connectivity index (χ1v) is 11.8. The highest BCUT2D eigenvalue weighted by Gasteiger charge is 2.27. The number of rotatable bonds is 9. The maximum atomic E-state index is 12.8. The van der Waals surface area contributed by atoms with Gasteiger partial charge < -0.3 is 29.5 Å². The molecule has 7 nitrogen and oxygen atoms in total. The van der Waals surface area contributed by atoms with E-state index in [-0.39, 0.29) is 5.91 Å². The zero-order valence-electron chi connectivity index (χ0n) is 18.9. The van der Waals surface area contributed by atoms with Crippen molar-refractivity contribution in [3.8, 4) is 17.2 Å². The van der Waals surface area contributed by atoms with E-state index in [1.807, 2.05) is 30.3 Å². The van der Waals surface area contributed by atoms with Crippen LogP contribution in [0.3, 0.4) is 0 Å². The van der Waals surface area contributed by atoms with Crippen LogP contribution in [0, 0.1) is 0 Å². The Balaban J connectivity index is 1.42. The summed E-state index contributed by atoms with van der Waals surface area (Å²) in [6.45, 7) is 3.54. The average Bonchev–Trinajstić information content (AvgIpc) is 3.35. The van der Waals surface area contributed by atoms with Gasteiger partial charge in [0.05, 0.1) is 18.2 Å². The van der Waals surface area contributed by atoms with Crippen LogP contribution in [0.4, 0.5) is 0 Å². The van der Waals surface area contributed by atoms with Gasteiger partial charge in [0.25, 0.3) is 0 Å². The van der Waals surface area contributed by atoms with Gasteiger partial charge in [-0.25, -0.2) is 0 Å². The third-order valence-corrected chi connectivity index (χ3v) is 6.44. The van der Waals surface area contributed by atoms with E-state index < -0.39 is 12.1 Å². The predicted octanol–water partition coefficient (Wildman–Crippen LogP) is 3.37. The lowest BCUT2D eigenvalue weighted by Crippen LogP contribution is -2.46. The molecule has 8 heteroatoms. The van der Waals surface area contributed by atoms with Crippen LogP contribution in [0.1, 0.15) is 36.5 Å². The van der Waals surface area contributed by atoms with Gasteiger partial charge in [-0.1, -0.05) is 23.7 Å². The van der Waals surface area contributed by atoms with Crippen LogP contribution in [0.5, 0.6) is 17.2 Å². The lowest BCUT2D eigenvalue weighted by molar-refractivity contribution is -0.122. The van der Waals surface area contributed by atoms with Crippen LogP contribution in [0.15, 0.2) is 36.4 Å². The molecular formula is C25H31ClN2O5. The third kappa shape index (κ3) is 6.10. The molecule has 4 rings (SSSR count). The van der Waals surface area contributed by atoms with Gasteiger partial charge in [-0.15, -0.1) is 0 Å². The van der Waals surface area contributed by atoms with Crippen molar-refractivity contribution in [1.82, 2.24) is 10.2 Å². The van der Waals surface area contributed by atoms with Gasteiger partial charge in [0.15, 0.2) is 11.5 Å². The van der Waals surface area contributed by atoms with E-state index in [1.165, 1.54) is 0 Å². The van der Waals surface area contributed by atoms with Crippen LogP contribution in [0.25, 0.3) is 0 Å². The summed E-state index contributed by atoms with van der Waals surface area (Å²) in [4.78, 5) is 15.1. The number of methoxy groups -OCH3 is 1. The fourth-order valence-corrected chi connectivity index (χ4v) is 4.63. The van der Waals surface area contributed by atoms with Crippen LogP contribution in [0.2, 0.25) is 5.02 Å². The first-order chi connectivity index (χ1) is 16.0. The monoisotopic (exact) mass is 474 g/mol. The smallest absolute Gasteiger partial charge is 0.220 e. The van der Waals surface area contributed by atoms with Crippen molar-refractivity contribution in [1.29, 1.82) is 0 Å². The van der Waals surface area contributed by atoms with E-state index in [2.05, 4.69) is 10.2 Å². The Labute approximate surface area is 199 Å². The Morgan fingerprint density at radius 3 is 2.64 bits per heavy atom. The molecule has 2 aromatic rings. The van der Waals surface area contributed by atoms with E-state index in [0.29, 0.717) is 60.4 Å². The molecule has 2 aliphatic heterocycles. The lowest BCUT2D eigenvalue weighted by Gasteiger charge is -2.29. The molecule has 2 aliphatic rings. The number of nitrogens with zero attached hydrogens (tertiary/aromatic N) is 1. The van der Waals surface area contributed by atoms with Crippen molar-refractivity contribution < 1.29 is 24.1 Å². The van der Waals surface area contributed by atoms with Crippen molar-refractivity contribution in [3.05, 3.63) is 52.5 Å². The molecule has 0 saturated carbocycles. The number of carbonyl (C=O) groups excluding carboxylic acids is 1. The number of aryl methyl sites for hydroxylation is 1. The number of aliphatic hydroxyl groups is 1. The number of ether oxygens (including phenoxy) is 3. The molecule has 33 heavy (non-hydrogen) atoms. The van der Waals surface area contributed by atoms with Gasteiger partial charge in [-0.3, -0.25) is 4.79 Å². The molecule has 2 N–H and O–H groups in total. The average molecular weight is 475 g/mol. The number of fused-ring (bicyclic) bond motifs is 1. The van der Waals surface area contributed by atoms with Crippen molar-refractivity contribution in [2.75, 3.05) is 40.0 Å². The molecule has 2 aromatic carbocycles. The highest BCUT2D eigenvalue weighted by Crippen LogP contribution is 2.33. The molecule has 0 unspecified atom stereocenters. The Hall–Kier alpha value is -2.48. The summed E-state index contributed by atoms with van der Waals surface area (Å²) in [5, 5.41) is 14.8. The third-order valence-electron chi connectivity index (χ3n) is 6.15. The minimum atomic E-state index is -0.860. The van der Waals surface area contributed by atoms with E-state index in [0.717, 1.165) is 31.5 Å². The molecule has 0 spiro atoms. The number of hydrogen-bond donors (Lipinski definition) is 2. The number of nitrogens with one attached hydrogen (secondary N) is 1. The van der Waals surface area contributed by atoms with Crippen LogP contribution in [-0.2, 0) is 11.2 Å². The molecule has 0 radical (unpaired) electrons. The number of likely N-dealkylation sites (tertiary alicyclic amines) is 1. The number of carbonyl (C=O) groups is 1. The van der Waals surface area contributed by atoms with Gasteiger partial charge >= 0.3 is 0 Å². The second kappa shape index (κ2) is 11.1. The number of aliphatic hydroxyl groups excluding tert-OH is 1. The highest BCUT2D eigenvalue weighted by atomic mass is 35.5. The number of amides is 1. The van der Waals surface area contributed by atoms with Crippen molar-refractivity contribution in [3.63, 3.8) is 0 Å². The molecule has 0 aromatic heterocycles. The molecule has 1 fully saturated rings. The summed E-state index contributed by atoms with van der Waals surface area (Å²) in [6.07, 6.45) is 2.26. The Bertz CT molecular complexity index is 964. The summed E-state index contributed by atoms with van der Waals surface area (Å²) >= 11 is 6.20. The molecule has 178 valence electrons. The summed E-state index contributed by atoms with van der Waals surface area (Å²) < 4.78 is 16.4. The maximum Gasteiger partial charge on any atom is 0.220 e. The molecule has 0 aliphatic carbocycles. The van der Waals surface area contributed by atoms with Crippen LogP contribution in [-0.4, -0.2) is 61.9 Å². The molecule has 1 saturated heterocycles. The zero-order valence-corrected chi connectivity index (χ0v) is 19.6. The second-order valence-corrected chi connectivity index (χ2v) is 8.91. The molecule has 1 amide bonds. The summed E-state index contributed by atoms with van der Waals surface area (Å²) in [7, 11) is 1.57. The standard InChI is InChI=1S/C25H31ClN2O5/c1-31-21-7-4-17(14-19(21)26)5-9-24(29)27-20(16-28-10-2-3-11-28)25(30)18-6-8-22-23(15-18)33-13-12-32-22/h4,6-8,14-15,20,25,30H,2-3,5,9-13,16H2,1H3,(H,27,29)/t20-,25-/m1/s1. The van der Waals surface area contributed by atoms with E-state index >= 15 is 0 Å². The molecule has 2 heterocycles. The largest absolute Gasteiger partial charge is 0.495 e. The normalized spacial score (nSPS) is 17.4. The summed E-state index contributed by atoms with van der Waals surface area (Å²) in [6, 6.07) is 10.6. The highest BCUT2D eigenvalue weighted by molar-refractivity contribution is 6.32. The van der Waals surface area contributed by atoms with Crippen molar-refractivity contribution >= 4 is 17.5 Å². The van der Waals surface area contributed by atoms with Crippen LogP contribution >= 0.6 is 11.6 Å². The SMILES string of the molecule is COc1ccc(CCC(=O)N[C@H](CN2CCCC2)[C@H](O)c2ccc3c(c2)OCCO3)cc1Cl. The molecule has 0 bridgehead atoms. The van der Waals surface area contributed by atoms with Gasteiger partial charge in [-0.2, -0.15) is 0 Å². The lowest BCUT2D eigenvalue weighted by atomic mass is 10.0.